The van der Waals surface area contributed by atoms with E-state index in [1.165, 1.54) is 32.1 Å². The van der Waals surface area contributed by atoms with Gasteiger partial charge in [0.2, 0.25) is 0 Å². The molecule has 0 amide bonds. The Balaban J connectivity index is 0. The zero-order valence-corrected chi connectivity index (χ0v) is 9.49. The van der Waals surface area contributed by atoms with Crippen molar-refractivity contribution in [1.29, 1.82) is 0 Å². The lowest BCUT2D eigenvalue weighted by atomic mass is 10.1. The molecule has 0 aromatic carbocycles. The average molecular weight is 228 g/mol. The summed E-state index contributed by atoms with van der Waals surface area (Å²) >= 11 is 0. The number of aliphatic hydroxyl groups is 1. The summed E-state index contributed by atoms with van der Waals surface area (Å²) in [5.74, 6) is 0. The van der Waals surface area contributed by atoms with Crippen LogP contribution in [0.4, 0.5) is 0 Å². The van der Waals surface area contributed by atoms with Crippen molar-refractivity contribution in [2.75, 3.05) is 6.61 Å². The summed E-state index contributed by atoms with van der Waals surface area (Å²) in [4.78, 5) is 21.6. The van der Waals surface area contributed by atoms with Crippen LogP contribution in [0, 0.1) is 0 Å². The highest BCUT2D eigenvalue weighted by Gasteiger charge is 2.00. The van der Waals surface area contributed by atoms with Crippen molar-refractivity contribution >= 4 is 7.82 Å². The van der Waals surface area contributed by atoms with Gasteiger partial charge in [-0.25, -0.2) is 4.57 Å². The van der Waals surface area contributed by atoms with Crippen molar-refractivity contribution < 1.29 is 24.4 Å². The minimum atomic E-state index is -4.64. The van der Waals surface area contributed by atoms with Crippen LogP contribution in [0.3, 0.4) is 0 Å². The first kappa shape index (κ1) is 16.5. The SMILES string of the molecule is CCCCCCCCO.O=P(O)(O)O. The maximum atomic E-state index is 8.88. The maximum Gasteiger partial charge on any atom is 0.466 e. The Bertz CT molecular complexity index is 130. The van der Waals surface area contributed by atoms with Crippen molar-refractivity contribution in [3.63, 3.8) is 0 Å². The fourth-order valence-corrected chi connectivity index (χ4v) is 0.892. The van der Waals surface area contributed by atoms with E-state index in [4.69, 9.17) is 24.4 Å². The van der Waals surface area contributed by atoms with E-state index in [0.29, 0.717) is 6.61 Å². The van der Waals surface area contributed by atoms with Crippen LogP contribution < -0.4 is 0 Å². The van der Waals surface area contributed by atoms with Gasteiger partial charge in [0.1, 0.15) is 0 Å². The molecule has 0 saturated heterocycles. The lowest BCUT2D eigenvalue weighted by Gasteiger charge is -1.95. The first-order chi connectivity index (χ1) is 6.41. The number of hydrogen-bond acceptors (Lipinski definition) is 2. The molecule has 0 atom stereocenters. The molecule has 0 radical (unpaired) electrons. The van der Waals surface area contributed by atoms with E-state index in [2.05, 4.69) is 6.92 Å². The van der Waals surface area contributed by atoms with Crippen LogP contribution in [0.15, 0.2) is 0 Å². The molecule has 6 heteroatoms. The molecule has 0 spiro atoms. The third-order valence-electron chi connectivity index (χ3n) is 1.51. The summed E-state index contributed by atoms with van der Waals surface area (Å²) in [5.41, 5.74) is 0. The molecule has 0 fully saturated rings. The van der Waals surface area contributed by atoms with Gasteiger partial charge in [0.25, 0.3) is 0 Å². The van der Waals surface area contributed by atoms with E-state index in [-0.39, 0.29) is 0 Å². The van der Waals surface area contributed by atoms with E-state index < -0.39 is 7.82 Å². The molecule has 4 N–H and O–H groups in total. The van der Waals surface area contributed by atoms with Gasteiger partial charge in [-0.2, -0.15) is 0 Å². The van der Waals surface area contributed by atoms with Crippen LogP contribution in [0.2, 0.25) is 0 Å². The fraction of sp³-hybridized carbons (Fsp3) is 1.00. The predicted molar refractivity (Wildman–Crippen MR) is 54.7 cm³/mol. The van der Waals surface area contributed by atoms with E-state index in [0.717, 1.165) is 6.42 Å². The van der Waals surface area contributed by atoms with Crippen molar-refractivity contribution in [3.8, 4) is 0 Å². The summed E-state index contributed by atoms with van der Waals surface area (Å²) in [6, 6.07) is 0. The van der Waals surface area contributed by atoms with Crippen molar-refractivity contribution in [2.24, 2.45) is 0 Å². The molecule has 0 aliphatic heterocycles. The molecular weight excluding hydrogens is 207 g/mol. The smallest absolute Gasteiger partial charge is 0.396 e. The molecule has 88 valence electrons. The molecule has 0 aliphatic carbocycles. The monoisotopic (exact) mass is 228 g/mol. The Morgan fingerprint density at radius 3 is 1.64 bits per heavy atom. The average Bonchev–Trinajstić information content (AvgIpc) is 2.01. The summed E-state index contributed by atoms with van der Waals surface area (Å²) in [6.45, 7) is 2.58. The van der Waals surface area contributed by atoms with Crippen molar-refractivity contribution in [1.82, 2.24) is 0 Å². The second-order valence-electron chi connectivity index (χ2n) is 3.00. The third kappa shape index (κ3) is 40.1. The van der Waals surface area contributed by atoms with Crippen LogP contribution in [-0.2, 0) is 4.57 Å². The maximum absolute atomic E-state index is 8.88. The van der Waals surface area contributed by atoms with Crippen LogP contribution in [0.5, 0.6) is 0 Å². The molecule has 0 rings (SSSR count). The van der Waals surface area contributed by atoms with Gasteiger partial charge in [-0.3, -0.25) is 0 Å². The highest BCUT2D eigenvalue weighted by atomic mass is 31.2. The molecule has 0 saturated carbocycles. The highest BCUT2D eigenvalue weighted by molar-refractivity contribution is 7.45. The number of hydrogen-bond donors (Lipinski definition) is 4. The Morgan fingerprint density at radius 1 is 0.929 bits per heavy atom. The first-order valence-corrected chi connectivity index (χ1v) is 6.37. The van der Waals surface area contributed by atoms with Crippen molar-refractivity contribution in [2.45, 2.75) is 45.4 Å². The minimum absolute atomic E-state index is 0.367. The minimum Gasteiger partial charge on any atom is -0.396 e. The standard InChI is InChI=1S/C8H18O.H3O4P/c1-2-3-4-5-6-7-8-9;1-5(2,3)4/h9H,2-8H2,1H3;(H3,1,2,3,4). The van der Waals surface area contributed by atoms with E-state index in [1.54, 1.807) is 0 Å². The number of rotatable bonds is 6. The van der Waals surface area contributed by atoms with Crippen LogP contribution in [0.25, 0.3) is 0 Å². The number of aliphatic hydroxyl groups excluding tert-OH is 1. The summed E-state index contributed by atoms with van der Waals surface area (Å²) < 4.78 is 8.88. The first-order valence-electron chi connectivity index (χ1n) is 4.81. The predicted octanol–water partition coefficient (Wildman–Crippen LogP) is 1.41. The quantitative estimate of drug-likeness (QED) is 0.407. The summed E-state index contributed by atoms with van der Waals surface area (Å²) in [6.07, 6.45) is 7.50. The summed E-state index contributed by atoms with van der Waals surface area (Å²) in [5, 5.41) is 8.42. The Kier molecular flexibility index (Phi) is 13.1. The van der Waals surface area contributed by atoms with E-state index >= 15 is 0 Å². The highest BCUT2D eigenvalue weighted by Crippen LogP contribution is 2.25. The molecule has 0 aromatic heterocycles. The molecule has 14 heavy (non-hydrogen) atoms. The van der Waals surface area contributed by atoms with Gasteiger partial charge in [-0.15, -0.1) is 0 Å². The zero-order chi connectivity index (χ0) is 11.4. The third-order valence-corrected chi connectivity index (χ3v) is 1.51. The van der Waals surface area contributed by atoms with E-state index in [1.807, 2.05) is 0 Å². The van der Waals surface area contributed by atoms with Crippen LogP contribution in [-0.4, -0.2) is 26.4 Å². The Labute approximate surface area is 85.0 Å². The largest absolute Gasteiger partial charge is 0.466 e. The van der Waals surface area contributed by atoms with Gasteiger partial charge in [-0.05, 0) is 6.42 Å². The summed E-state index contributed by atoms with van der Waals surface area (Å²) in [7, 11) is -4.64. The number of phosphoric acid groups is 1. The zero-order valence-electron chi connectivity index (χ0n) is 8.59. The van der Waals surface area contributed by atoms with E-state index in [9.17, 15) is 0 Å². The van der Waals surface area contributed by atoms with Gasteiger partial charge < -0.3 is 19.8 Å². The van der Waals surface area contributed by atoms with Gasteiger partial charge in [0.05, 0.1) is 0 Å². The topological polar surface area (TPSA) is 98.0 Å². The molecule has 0 bridgehead atoms. The molecule has 0 unspecified atom stereocenters. The number of unbranched alkanes of at least 4 members (excludes halogenated alkanes) is 5. The molecule has 5 nitrogen and oxygen atoms in total. The van der Waals surface area contributed by atoms with Crippen molar-refractivity contribution in [3.05, 3.63) is 0 Å². The lowest BCUT2D eigenvalue weighted by molar-refractivity contribution is 0.275. The van der Waals surface area contributed by atoms with Gasteiger partial charge in [0.15, 0.2) is 0 Å². The molecule has 0 aromatic rings. The van der Waals surface area contributed by atoms with Gasteiger partial charge >= 0.3 is 7.82 Å². The molecule has 0 aliphatic rings. The molecular formula is C8H21O5P. The normalized spacial score (nSPS) is 10.6. The van der Waals surface area contributed by atoms with Gasteiger partial charge in [-0.1, -0.05) is 39.0 Å². The van der Waals surface area contributed by atoms with Gasteiger partial charge in [0, 0.05) is 6.61 Å². The molecule has 0 heterocycles. The second kappa shape index (κ2) is 11.1. The van der Waals surface area contributed by atoms with Crippen LogP contribution >= 0.6 is 7.82 Å². The Morgan fingerprint density at radius 2 is 1.29 bits per heavy atom. The fourth-order valence-electron chi connectivity index (χ4n) is 0.892. The van der Waals surface area contributed by atoms with Crippen LogP contribution in [0.1, 0.15) is 45.4 Å². The lowest BCUT2D eigenvalue weighted by Crippen LogP contribution is -1.82. The second-order valence-corrected chi connectivity index (χ2v) is 4.03. The Hall–Kier alpha value is 0.0700.